The molecule has 3 aromatic rings. The van der Waals surface area contributed by atoms with Gasteiger partial charge in [0.15, 0.2) is 34.5 Å². The van der Waals surface area contributed by atoms with Crippen LogP contribution in [-0.2, 0) is 0 Å². The number of benzene rings is 3. The Morgan fingerprint density at radius 2 is 0.769 bits per heavy atom. The van der Waals surface area contributed by atoms with E-state index >= 15 is 0 Å². The van der Waals surface area contributed by atoms with Crippen LogP contribution in [0.3, 0.4) is 0 Å². The lowest BCUT2D eigenvalue weighted by Gasteiger charge is -2.31. The Labute approximate surface area is 307 Å². The molecule has 3 heterocycles. The first-order valence-electron chi connectivity index (χ1n) is 17.3. The first-order chi connectivity index (χ1) is 24.4. The second-order valence-corrected chi connectivity index (χ2v) is 14.4. The largest absolute Gasteiger partial charge is 0.484 e. The van der Waals surface area contributed by atoms with Gasteiger partial charge in [-0.05, 0) is 104 Å². The third-order valence-corrected chi connectivity index (χ3v) is 8.89. The fourth-order valence-corrected chi connectivity index (χ4v) is 6.02. The number of nitrogens with two attached hydrogens (primary N) is 6. The Balaban J connectivity index is 0.000000175. The summed E-state index contributed by atoms with van der Waals surface area (Å²) in [5, 5.41) is 0. The molecule has 3 unspecified atom stereocenters. The molecule has 52 heavy (non-hydrogen) atoms. The number of likely N-dealkylation sites (N-methyl/N-ethyl adjacent to an activating group) is 3. The van der Waals surface area contributed by atoms with Crippen LogP contribution in [0, 0.1) is 27.7 Å². The van der Waals surface area contributed by atoms with E-state index in [1.807, 2.05) is 91.9 Å². The zero-order valence-electron chi connectivity index (χ0n) is 32.4. The van der Waals surface area contributed by atoms with Crippen molar-refractivity contribution in [1.82, 2.24) is 14.7 Å². The van der Waals surface area contributed by atoms with Crippen molar-refractivity contribution in [2.45, 2.75) is 46.0 Å². The second kappa shape index (κ2) is 16.7. The average Bonchev–Trinajstić information content (AvgIpc) is 3.07. The fraction of sp³-hybridized carbons (Fsp3) is 0.514. The van der Waals surface area contributed by atoms with E-state index in [-0.39, 0.29) is 18.3 Å². The van der Waals surface area contributed by atoms with Crippen molar-refractivity contribution < 1.29 is 28.4 Å². The molecule has 3 atom stereocenters. The third kappa shape index (κ3) is 9.13. The van der Waals surface area contributed by atoms with Crippen LogP contribution in [0.25, 0.3) is 0 Å². The van der Waals surface area contributed by atoms with Crippen LogP contribution in [0.1, 0.15) is 22.3 Å². The van der Waals surface area contributed by atoms with Crippen molar-refractivity contribution >= 4 is 34.1 Å². The lowest BCUT2D eigenvalue weighted by molar-refractivity contribution is 0.0725. The van der Waals surface area contributed by atoms with Crippen LogP contribution in [0.2, 0.25) is 0 Å². The molecule has 15 heteroatoms. The molecule has 3 aliphatic rings. The Morgan fingerprint density at radius 1 is 0.462 bits per heavy atom. The summed E-state index contributed by atoms with van der Waals surface area (Å²) in [6.07, 6.45) is -0.0424. The molecule has 6 rings (SSSR count). The van der Waals surface area contributed by atoms with E-state index in [0.29, 0.717) is 88.4 Å². The zero-order valence-corrected chi connectivity index (χ0v) is 32.4. The van der Waals surface area contributed by atoms with Gasteiger partial charge in [0.05, 0.1) is 34.1 Å². The second-order valence-electron chi connectivity index (χ2n) is 14.4. The molecule has 12 N–H and O–H groups in total. The molecule has 0 radical (unpaired) electrons. The van der Waals surface area contributed by atoms with Crippen molar-refractivity contribution in [2.75, 3.05) is 116 Å². The monoisotopic (exact) mass is 725 g/mol. The van der Waals surface area contributed by atoms with E-state index in [2.05, 4.69) is 4.90 Å². The van der Waals surface area contributed by atoms with Gasteiger partial charge in [-0.1, -0.05) is 0 Å². The summed E-state index contributed by atoms with van der Waals surface area (Å²) >= 11 is 0. The molecule has 3 aromatic carbocycles. The molecule has 0 saturated carbocycles. The molecule has 0 bridgehead atoms. The number of hydrogen-bond acceptors (Lipinski definition) is 15. The summed E-state index contributed by atoms with van der Waals surface area (Å²) in [7, 11) is 12.0. The van der Waals surface area contributed by atoms with Gasteiger partial charge in [0.2, 0.25) is 0 Å². The van der Waals surface area contributed by atoms with Gasteiger partial charge in [-0.2, -0.15) is 0 Å². The summed E-state index contributed by atoms with van der Waals surface area (Å²) in [6.45, 7) is 11.5. The van der Waals surface area contributed by atoms with Gasteiger partial charge in [-0.15, -0.1) is 0 Å². The minimum Gasteiger partial charge on any atom is -0.484 e. The SMILES string of the molecule is Cc1c(C)c(N)c2c(c1N)OCC(CN(C)C)O2.Cc1cc(N)c2c(c1N)OC(CN(C)C)CO2.Cc1cc(N)c2c(c1N)OCC(CN(C)C)O2. The average molecular weight is 726 g/mol. The van der Waals surface area contributed by atoms with Crippen LogP contribution >= 0.6 is 0 Å². The highest BCUT2D eigenvalue weighted by atomic mass is 16.6. The maximum absolute atomic E-state index is 6.09. The maximum Gasteiger partial charge on any atom is 0.187 e. The van der Waals surface area contributed by atoms with Crippen LogP contribution in [0.15, 0.2) is 12.1 Å². The van der Waals surface area contributed by atoms with Gasteiger partial charge in [-0.25, -0.2) is 0 Å². The minimum atomic E-state index is -0.0173. The highest BCUT2D eigenvalue weighted by Crippen LogP contribution is 2.47. The molecule has 0 aliphatic carbocycles. The lowest BCUT2D eigenvalue weighted by Crippen LogP contribution is -2.38. The zero-order chi connectivity index (χ0) is 38.6. The Morgan fingerprint density at radius 3 is 1.19 bits per heavy atom. The standard InChI is InChI=1S/C13H21N3O2.2C12H19N3O2/c1-7-8(2)11(15)13-12(10(7)14)17-6-9(18-13)5-16(3)4;1-7-4-9(13)11-12(10(7)14)16-6-8(17-11)5-15(2)3;1-7-4-9(13)11-12(10(7)14)17-8(6-16-11)5-15(2)3/h9H,5-6,14-15H2,1-4H3;2*4,8H,5-6,13-14H2,1-3H3. The van der Waals surface area contributed by atoms with Crippen molar-refractivity contribution in [3.8, 4) is 34.5 Å². The normalized spacial score (nSPS) is 18.4. The number of nitrogens with zero attached hydrogens (tertiary/aromatic N) is 3. The van der Waals surface area contributed by atoms with Gasteiger partial charge in [0.25, 0.3) is 0 Å². The summed E-state index contributed by atoms with van der Waals surface area (Å²) < 4.78 is 34.7. The summed E-state index contributed by atoms with van der Waals surface area (Å²) in [4.78, 5) is 6.15. The minimum absolute atomic E-state index is 0.0121. The van der Waals surface area contributed by atoms with Crippen molar-refractivity contribution in [3.63, 3.8) is 0 Å². The van der Waals surface area contributed by atoms with Gasteiger partial charge >= 0.3 is 0 Å². The number of ether oxygens (including phenoxy) is 6. The van der Waals surface area contributed by atoms with E-state index in [1.165, 1.54) is 0 Å². The summed E-state index contributed by atoms with van der Waals surface area (Å²) in [5.74, 6) is 3.49. The number of fused-ring (bicyclic) bond motifs is 3. The molecule has 0 fully saturated rings. The number of hydrogen-bond donors (Lipinski definition) is 6. The van der Waals surface area contributed by atoms with E-state index in [4.69, 9.17) is 62.8 Å². The van der Waals surface area contributed by atoms with Gasteiger partial charge in [-0.3, -0.25) is 0 Å². The summed E-state index contributed by atoms with van der Waals surface area (Å²) in [6, 6.07) is 3.62. The molecular weight excluding hydrogens is 666 g/mol. The first-order valence-corrected chi connectivity index (χ1v) is 17.3. The molecule has 0 spiro atoms. The molecule has 0 aromatic heterocycles. The number of aryl methyl sites for hydroxylation is 2. The quantitative estimate of drug-likeness (QED) is 0.201. The number of rotatable bonds is 6. The topological polar surface area (TPSA) is 221 Å². The van der Waals surface area contributed by atoms with E-state index in [9.17, 15) is 0 Å². The van der Waals surface area contributed by atoms with Crippen LogP contribution < -0.4 is 62.8 Å². The molecule has 288 valence electrons. The highest BCUT2D eigenvalue weighted by molar-refractivity contribution is 5.78. The lowest BCUT2D eigenvalue weighted by atomic mass is 10.0. The Hall–Kier alpha value is -4.86. The Kier molecular flexibility index (Phi) is 12.8. The predicted octanol–water partition coefficient (Wildman–Crippen LogP) is 2.89. The highest BCUT2D eigenvalue weighted by Gasteiger charge is 2.29. The predicted molar refractivity (Wildman–Crippen MR) is 210 cm³/mol. The fourth-order valence-electron chi connectivity index (χ4n) is 6.02. The molecule has 3 aliphatic heterocycles. The summed E-state index contributed by atoms with van der Waals surface area (Å²) in [5.41, 5.74) is 43.3. The van der Waals surface area contributed by atoms with Crippen LogP contribution in [0.4, 0.5) is 34.1 Å². The molecule has 0 amide bonds. The van der Waals surface area contributed by atoms with Gasteiger partial charge in [0, 0.05) is 19.6 Å². The third-order valence-electron chi connectivity index (χ3n) is 8.89. The van der Waals surface area contributed by atoms with E-state index in [1.54, 1.807) is 0 Å². The first kappa shape index (κ1) is 39.9. The Bertz CT molecular complexity index is 1730. The number of nitrogen functional groups attached to an aromatic ring is 6. The van der Waals surface area contributed by atoms with Crippen molar-refractivity contribution in [1.29, 1.82) is 0 Å². The van der Waals surface area contributed by atoms with Crippen molar-refractivity contribution in [2.24, 2.45) is 0 Å². The molecule has 15 nitrogen and oxygen atoms in total. The molecule has 0 saturated heterocycles. The van der Waals surface area contributed by atoms with Crippen molar-refractivity contribution in [3.05, 3.63) is 34.4 Å². The number of anilines is 6. The smallest absolute Gasteiger partial charge is 0.187 e. The molecular formula is C37H59N9O6. The van der Waals surface area contributed by atoms with Gasteiger partial charge in [0.1, 0.15) is 38.1 Å². The van der Waals surface area contributed by atoms with E-state index < -0.39 is 0 Å². The van der Waals surface area contributed by atoms with E-state index in [0.717, 1.165) is 41.9 Å². The maximum atomic E-state index is 6.09. The van der Waals surface area contributed by atoms with Crippen LogP contribution in [-0.4, -0.2) is 115 Å². The van der Waals surface area contributed by atoms with Crippen LogP contribution in [0.5, 0.6) is 34.5 Å². The van der Waals surface area contributed by atoms with Gasteiger partial charge < -0.3 is 77.5 Å².